The van der Waals surface area contributed by atoms with Crippen LogP contribution >= 0.6 is 0 Å². The van der Waals surface area contributed by atoms with E-state index < -0.39 is 0 Å². The molecule has 24 heavy (non-hydrogen) atoms. The summed E-state index contributed by atoms with van der Waals surface area (Å²) >= 11 is 0. The maximum Gasteiger partial charge on any atom is 0.170 e. The largest absolute Gasteiger partial charge is 0.347 e. The lowest BCUT2D eigenvalue weighted by Crippen LogP contribution is -2.32. The normalized spacial score (nSPS) is 11.3. The van der Waals surface area contributed by atoms with Gasteiger partial charge in [0.15, 0.2) is 11.6 Å². The topological polar surface area (TPSA) is 28.2 Å². The van der Waals surface area contributed by atoms with Gasteiger partial charge in [0, 0.05) is 30.9 Å². The van der Waals surface area contributed by atoms with Crippen molar-refractivity contribution in [2.75, 3.05) is 11.4 Å². The third kappa shape index (κ3) is 5.03. The zero-order valence-corrected chi connectivity index (χ0v) is 15.1. The quantitative estimate of drug-likeness (QED) is 0.779. The molecule has 0 unspecified atom stereocenters. The van der Waals surface area contributed by atoms with Gasteiger partial charge in [0.05, 0.1) is 0 Å². The lowest BCUT2D eigenvalue weighted by molar-refractivity contribution is 0.528. The standard InChI is InChI=1S/C20H28FN3/c1-15(2)12-22-13-18-10-11-23-20(19(18)21)24(16(3)4)14-17-8-6-5-7-9-17/h5-11,15-16,22H,12-14H2,1-4H3. The third-order valence-electron chi connectivity index (χ3n) is 3.91. The second-order valence-electron chi connectivity index (χ2n) is 6.84. The Morgan fingerprint density at radius 1 is 1.08 bits per heavy atom. The van der Waals surface area contributed by atoms with Crippen LogP contribution in [0.2, 0.25) is 0 Å². The van der Waals surface area contributed by atoms with Crippen molar-refractivity contribution in [2.24, 2.45) is 5.92 Å². The van der Waals surface area contributed by atoms with Crippen LogP contribution in [0.4, 0.5) is 10.2 Å². The number of halogens is 1. The van der Waals surface area contributed by atoms with Crippen LogP contribution in [-0.2, 0) is 13.1 Å². The maximum atomic E-state index is 15.0. The van der Waals surface area contributed by atoms with Crippen LogP contribution in [0.15, 0.2) is 42.6 Å². The number of aromatic nitrogens is 1. The monoisotopic (exact) mass is 329 g/mol. The van der Waals surface area contributed by atoms with Gasteiger partial charge in [-0.2, -0.15) is 0 Å². The van der Waals surface area contributed by atoms with E-state index in [1.807, 2.05) is 23.1 Å². The van der Waals surface area contributed by atoms with Gasteiger partial charge in [-0.25, -0.2) is 9.37 Å². The van der Waals surface area contributed by atoms with Gasteiger partial charge in [-0.1, -0.05) is 44.2 Å². The predicted octanol–water partition coefficient (Wildman–Crippen LogP) is 4.38. The fraction of sp³-hybridized carbons (Fsp3) is 0.450. The molecule has 3 nitrogen and oxygen atoms in total. The van der Waals surface area contributed by atoms with Gasteiger partial charge >= 0.3 is 0 Å². The highest BCUT2D eigenvalue weighted by Crippen LogP contribution is 2.23. The molecular formula is C20H28FN3. The Bertz CT molecular complexity index is 626. The fourth-order valence-corrected chi connectivity index (χ4v) is 2.59. The highest BCUT2D eigenvalue weighted by molar-refractivity contribution is 5.44. The summed E-state index contributed by atoms with van der Waals surface area (Å²) in [6, 6.07) is 12.0. The Kier molecular flexibility index (Phi) is 6.73. The summed E-state index contributed by atoms with van der Waals surface area (Å²) in [5, 5.41) is 3.30. The van der Waals surface area contributed by atoms with E-state index in [1.54, 1.807) is 12.3 Å². The van der Waals surface area contributed by atoms with Gasteiger partial charge < -0.3 is 10.2 Å². The first-order valence-electron chi connectivity index (χ1n) is 8.63. The van der Waals surface area contributed by atoms with E-state index in [1.165, 1.54) is 0 Å². The minimum absolute atomic E-state index is 0.158. The molecule has 1 N–H and O–H groups in total. The molecule has 0 saturated carbocycles. The van der Waals surface area contributed by atoms with Crippen LogP contribution in [0, 0.1) is 11.7 Å². The minimum atomic E-state index is -0.224. The number of hydrogen-bond donors (Lipinski definition) is 1. The molecule has 0 spiro atoms. The van der Waals surface area contributed by atoms with E-state index in [9.17, 15) is 4.39 Å². The molecule has 0 bridgehead atoms. The molecule has 0 aliphatic carbocycles. The lowest BCUT2D eigenvalue weighted by atomic mass is 10.1. The van der Waals surface area contributed by atoms with Crippen LogP contribution in [0.25, 0.3) is 0 Å². The van der Waals surface area contributed by atoms with Gasteiger partial charge in [-0.3, -0.25) is 0 Å². The van der Waals surface area contributed by atoms with Crippen LogP contribution in [-0.4, -0.2) is 17.6 Å². The predicted molar refractivity (Wildman–Crippen MR) is 98.5 cm³/mol. The molecular weight excluding hydrogens is 301 g/mol. The highest BCUT2D eigenvalue weighted by atomic mass is 19.1. The minimum Gasteiger partial charge on any atom is -0.347 e. The summed E-state index contributed by atoms with van der Waals surface area (Å²) < 4.78 is 15.0. The first-order chi connectivity index (χ1) is 11.5. The Hall–Kier alpha value is -1.94. The van der Waals surface area contributed by atoms with Crippen molar-refractivity contribution < 1.29 is 4.39 Å². The SMILES string of the molecule is CC(C)CNCc1ccnc(N(Cc2ccccc2)C(C)C)c1F. The third-order valence-corrected chi connectivity index (χ3v) is 3.91. The highest BCUT2D eigenvalue weighted by Gasteiger charge is 2.19. The zero-order valence-electron chi connectivity index (χ0n) is 15.1. The number of rotatable bonds is 8. The summed E-state index contributed by atoms with van der Waals surface area (Å²) in [6.07, 6.45) is 1.70. The second-order valence-corrected chi connectivity index (χ2v) is 6.84. The molecule has 2 aromatic rings. The zero-order chi connectivity index (χ0) is 17.5. The number of pyridine rings is 1. The summed E-state index contributed by atoms with van der Waals surface area (Å²) in [6.45, 7) is 10.4. The smallest absolute Gasteiger partial charge is 0.170 e. The van der Waals surface area contributed by atoms with Crippen LogP contribution in [0.3, 0.4) is 0 Å². The summed E-state index contributed by atoms with van der Waals surface area (Å²) in [5.41, 5.74) is 1.81. The molecule has 0 saturated heterocycles. The molecule has 1 aromatic heterocycles. The Morgan fingerprint density at radius 3 is 2.42 bits per heavy atom. The van der Waals surface area contributed by atoms with Crippen molar-refractivity contribution in [2.45, 2.75) is 46.8 Å². The molecule has 1 aromatic carbocycles. The lowest BCUT2D eigenvalue weighted by Gasteiger charge is -2.29. The Balaban J connectivity index is 2.20. The molecule has 0 fully saturated rings. The van der Waals surface area contributed by atoms with Gasteiger partial charge in [0.2, 0.25) is 0 Å². The number of anilines is 1. The molecule has 0 aliphatic rings. The molecule has 1 heterocycles. The van der Waals surface area contributed by atoms with Crippen molar-refractivity contribution in [3.05, 3.63) is 59.5 Å². The second kappa shape index (κ2) is 8.78. The first kappa shape index (κ1) is 18.4. The summed E-state index contributed by atoms with van der Waals surface area (Å²) in [4.78, 5) is 6.33. The van der Waals surface area contributed by atoms with E-state index in [-0.39, 0.29) is 11.9 Å². The number of hydrogen-bond acceptors (Lipinski definition) is 3. The van der Waals surface area contributed by atoms with E-state index in [0.717, 1.165) is 12.1 Å². The number of nitrogens with zero attached hydrogens (tertiary/aromatic N) is 2. The number of nitrogens with one attached hydrogen (secondary N) is 1. The molecule has 4 heteroatoms. The average Bonchev–Trinajstić information content (AvgIpc) is 2.55. The fourth-order valence-electron chi connectivity index (χ4n) is 2.59. The van der Waals surface area contributed by atoms with Gasteiger partial charge in [-0.05, 0) is 37.9 Å². The van der Waals surface area contributed by atoms with Crippen LogP contribution in [0.5, 0.6) is 0 Å². The Labute approximate surface area is 144 Å². The van der Waals surface area contributed by atoms with E-state index in [4.69, 9.17) is 0 Å². The van der Waals surface area contributed by atoms with E-state index in [0.29, 0.717) is 30.4 Å². The van der Waals surface area contributed by atoms with Crippen molar-refractivity contribution in [1.29, 1.82) is 0 Å². The number of benzene rings is 1. The molecule has 130 valence electrons. The van der Waals surface area contributed by atoms with E-state index in [2.05, 4.69) is 50.1 Å². The van der Waals surface area contributed by atoms with E-state index >= 15 is 0 Å². The van der Waals surface area contributed by atoms with Gasteiger partial charge in [-0.15, -0.1) is 0 Å². The average molecular weight is 329 g/mol. The molecule has 2 rings (SSSR count). The van der Waals surface area contributed by atoms with Gasteiger partial charge in [0.25, 0.3) is 0 Å². The van der Waals surface area contributed by atoms with Crippen molar-refractivity contribution >= 4 is 5.82 Å². The molecule has 0 atom stereocenters. The first-order valence-corrected chi connectivity index (χ1v) is 8.63. The maximum absolute atomic E-state index is 15.0. The van der Waals surface area contributed by atoms with Crippen LogP contribution < -0.4 is 10.2 Å². The van der Waals surface area contributed by atoms with Gasteiger partial charge in [0.1, 0.15) is 0 Å². The summed E-state index contributed by atoms with van der Waals surface area (Å²) in [5.74, 6) is 0.746. The molecule has 0 amide bonds. The molecule has 0 aliphatic heterocycles. The summed E-state index contributed by atoms with van der Waals surface area (Å²) in [7, 11) is 0. The van der Waals surface area contributed by atoms with Crippen LogP contribution in [0.1, 0.15) is 38.8 Å². The van der Waals surface area contributed by atoms with Crippen molar-refractivity contribution in [3.8, 4) is 0 Å². The van der Waals surface area contributed by atoms with Crippen molar-refractivity contribution in [1.82, 2.24) is 10.3 Å². The van der Waals surface area contributed by atoms with Crippen molar-refractivity contribution in [3.63, 3.8) is 0 Å². The Morgan fingerprint density at radius 2 is 1.79 bits per heavy atom. The molecule has 0 radical (unpaired) electrons.